The van der Waals surface area contributed by atoms with Gasteiger partial charge in [-0.05, 0) is 7.05 Å². The quantitative estimate of drug-likeness (QED) is 0.534. The zero-order chi connectivity index (χ0) is 9.97. The Labute approximate surface area is 86.2 Å². The van der Waals surface area contributed by atoms with Crippen molar-refractivity contribution in [3.05, 3.63) is 5.82 Å². The van der Waals surface area contributed by atoms with E-state index in [4.69, 9.17) is 10.4 Å². The normalized spacial score (nSPS) is 23.7. The molecule has 1 aromatic heterocycles. The molecule has 2 rings (SSSR count). The van der Waals surface area contributed by atoms with Crippen molar-refractivity contribution in [2.45, 2.75) is 6.04 Å². The third-order valence-corrected chi connectivity index (χ3v) is 3.28. The number of anilines is 1. The van der Waals surface area contributed by atoms with Crippen LogP contribution < -0.4 is 11.3 Å². The summed E-state index contributed by atoms with van der Waals surface area (Å²) in [4.78, 5) is 6.36. The Morgan fingerprint density at radius 3 is 3.21 bits per heavy atom. The van der Waals surface area contributed by atoms with E-state index < -0.39 is 0 Å². The molecular weight excluding hydrogens is 202 g/mol. The smallest absolute Gasteiger partial charge is 0.314 e. The van der Waals surface area contributed by atoms with E-state index in [2.05, 4.69) is 27.5 Å². The van der Waals surface area contributed by atoms with Gasteiger partial charge in [-0.1, -0.05) is 5.16 Å². The summed E-state index contributed by atoms with van der Waals surface area (Å²) in [5.41, 5.74) is 2.34. The molecule has 1 aromatic rings. The van der Waals surface area contributed by atoms with Crippen LogP contribution in [0.15, 0.2) is 4.52 Å². The highest BCUT2D eigenvalue weighted by Gasteiger charge is 2.25. The van der Waals surface area contributed by atoms with Gasteiger partial charge < -0.3 is 4.52 Å². The second-order valence-electron chi connectivity index (χ2n) is 3.17. The monoisotopic (exact) mass is 215 g/mol. The number of nitrogens with zero attached hydrogens (tertiary/aromatic N) is 3. The van der Waals surface area contributed by atoms with Gasteiger partial charge >= 0.3 is 6.01 Å². The highest BCUT2D eigenvalue weighted by molar-refractivity contribution is 7.99. The molecule has 1 saturated heterocycles. The maximum absolute atomic E-state index is 5.16. The van der Waals surface area contributed by atoms with Gasteiger partial charge in [-0.25, -0.2) is 5.84 Å². The first-order valence-electron chi connectivity index (χ1n) is 4.39. The fraction of sp³-hybridized carbons (Fsp3) is 0.714. The van der Waals surface area contributed by atoms with E-state index in [9.17, 15) is 0 Å². The van der Waals surface area contributed by atoms with Crippen molar-refractivity contribution in [1.82, 2.24) is 15.0 Å². The number of nitrogen functional groups attached to an aromatic ring is 1. The minimum atomic E-state index is 0.236. The lowest BCUT2D eigenvalue weighted by Crippen LogP contribution is -2.33. The predicted molar refractivity (Wildman–Crippen MR) is 54.8 cm³/mol. The SMILES string of the molecule is CN1CCSCC1c1noc(NN)n1. The van der Waals surface area contributed by atoms with Crippen LogP contribution in [0.5, 0.6) is 0 Å². The van der Waals surface area contributed by atoms with E-state index in [-0.39, 0.29) is 12.1 Å². The summed E-state index contributed by atoms with van der Waals surface area (Å²) in [5.74, 6) is 8.02. The van der Waals surface area contributed by atoms with Gasteiger partial charge in [-0.15, -0.1) is 0 Å². The molecule has 0 amide bonds. The first kappa shape index (κ1) is 9.75. The molecule has 1 atom stereocenters. The minimum absolute atomic E-state index is 0.236. The zero-order valence-corrected chi connectivity index (χ0v) is 8.75. The van der Waals surface area contributed by atoms with Crippen LogP contribution in [0.1, 0.15) is 11.9 Å². The largest absolute Gasteiger partial charge is 0.335 e. The van der Waals surface area contributed by atoms with Crippen LogP contribution in [0.25, 0.3) is 0 Å². The molecule has 0 aromatic carbocycles. The second-order valence-corrected chi connectivity index (χ2v) is 4.32. The first-order valence-corrected chi connectivity index (χ1v) is 5.55. The van der Waals surface area contributed by atoms with Crippen molar-refractivity contribution in [3.8, 4) is 0 Å². The predicted octanol–water partition coefficient (Wildman–Crippen LogP) is 0.0749. The Balaban J connectivity index is 2.12. The number of nitrogens with one attached hydrogen (secondary N) is 1. The van der Waals surface area contributed by atoms with E-state index in [1.165, 1.54) is 0 Å². The number of thioether (sulfide) groups is 1. The maximum Gasteiger partial charge on any atom is 0.335 e. The number of hydrazine groups is 1. The van der Waals surface area contributed by atoms with Crippen molar-refractivity contribution in [2.75, 3.05) is 30.5 Å². The van der Waals surface area contributed by atoms with Crippen molar-refractivity contribution >= 4 is 17.8 Å². The fourth-order valence-corrected chi connectivity index (χ4v) is 2.60. The molecule has 1 unspecified atom stereocenters. The summed E-state index contributed by atoms with van der Waals surface area (Å²) >= 11 is 1.90. The van der Waals surface area contributed by atoms with E-state index in [0.717, 1.165) is 18.1 Å². The third kappa shape index (κ3) is 1.84. The molecule has 0 aliphatic carbocycles. The Kier molecular flexibility index (Phi) is 2.90. The molecule has 7 heteroatoms. The van der Waals surface area contributed by atoms with Gasteiger partial charge in [0.25, 0.3) is 0 Å². The summed E-state index contributed by atoms with van der Waals surface area (Å²) in [6.07, 6.45) is 0. The van der Waals surface area contributed by atoms with Crippen molar-refractivity contribution in [1.29, 1.82) is 0 Å². The highest BCUT2D eigenvalue weighted by atomic mass is 32.2. The number of hydrogen-bond donors (Lipinski definition) is 2. The zero-order valence-electron chi connectivity index (χ0n) is 7.93. The topological polar surface area (TPSA) is 80.2 Å². The fourth-order valence-electron chi connectivity index (χ4n) is 1.39. The van der Waals surface area contributed by atoms with Gasteiger partial charge in [0, 0.05) is 18.1 Å². The molecule has 3 N–H and O–H groups in total. The van der Waals surface area contributed by atoms with Crippen LogP contribution in [-0.2, 0) is 0 Å². The molecule has 1 fully saturated rings. The van der Waals surface area contributed by atoms with Gasteiger partial charge in [-0.3, -0.25) is 10.3 Å². The van der Waals surface area contributed by atoms with Crippen LogP contribution >= 0.6 is 11.8 Å². The minimum Gasteiger partial charge on any atom is -0.314 e. The van der Waals surface area contributed by atoms with Crippen LogP contribution in [0, 0.1) is 0 Å². The Bertz CT molecular complexity index is 304. The third-order valence-electron chi connectivity index (χ3n) is 2.26. The average Bonchev–Trinajstić information content (AvgIpc) is 2.67. The van der Waals surface area contributed by atoms with Gasteiger partial charge in [0.2, 0.25) is 0 Å². The summed E-state index contributed by atoms with van der Waals surface area (Å²) in [7, 11) is 2.07. The van der Waals surface area contributed by atoms with Gasteiger partial charge in [0.05, 0.1) is 6.04 Å². The van der Waals surface area contributed by atoms with E-state index in [1.807, 2.05) is 11.8 Å². The van der Waals surface area contributed by atoms with E-state index >= 15 is 0 Å². The standard InChI is InChI=1S/C7H13N5OS/c1-12-2-3-14-4-5(12)6-9-7(10-8)13-11-6/h5H,2-4,8H2,1H3,(H,9,10,11). The lowest BCUT2D eigenvalue weighted by molar-refractivity contribution is 0.257. The molecule has 6 nitrogen and oxygen atoms in total. The van der Waals surface area contributed by atoms with Gasteiger partial charge in [-0.2, -0.15) is 16.7 Å². The summed E-state index contributed by atoms with van der Waals surface area (Å²) in [5, 5.41) is 3.88. The van der Waals surface area contributed by atoms with Crippen LogP contribution in [-0.4, -0.2) is 40.1 Å². The van der Waals surface area contributed by atoms with Crippen LogP contribution in [0.4, 0.5) is 6.01 Å². The Hall–Kier alpha value is -0.790. The summed E-state index contributed by atoms with van der Waals surface area (Å²) < 4.78 is 4.88. The Morgan fingerprint density at radius 2 is 2.57 bits per heavy atom. The summed E-state index contributed by atoms with van der Waals surface area (Å²) in [6, 6.07) is 0.503. The van der Waals surface area contributed by atoms with Crippen molar-refractivity contribution < 1.29 is 4.52 Å². The molecule has 1 aliphatic heterocycles. The van der Waals surface area contributed by atoms with Crippen LogP contribution in [0.2, 0.25) is 0 Å². The molecule has 0 spiro atoms. The van der Waals surface area contributed by atoms with E-state index in [1.54, 1.807) is 0 Å². The number of aromatic nitrogens is 2. The molecule has 0 saturated carbocycles. The molecule has 1 aliphatic rings. The van der Waals surface area contributed by atoms with Crippen LogP contribution in [0.3, 0.4) is 0 Å². The number of hydrogen-bond acceptors (Lipinski definition) is 7. The van der Waals surface area contributed by atoms with Crippen molar-refractivity contribution in [2.24, 2.45) is 5.84 Å². The molecule has 0 radical (unpaired) electrons. The lowest BCUT2D eigenvalue weighted by atomic mass is 10.3. The second kappa shape index (κ2) is 4.16. The highest BCUT2D eigenvalue weighted by Crippen LogP contribution is 2.26. The Morgan fingerprint density at radius 1 is 1.71 bits per heavy atom. The molecule has 14 heavy (non-hydrogen) atoms. The molecular formula is C7H13N5OS. The maximum atomic E-state index is 5.16. The number of nitrogens with two attached hydrogens (primary N) is 1. The first-order chi connectivity index (χ1) is 6.81. The van der Waals surface area contributed by atoms with Gasteiger partial charge in [0.1, 0.15) is 0 Å². The average molecular weight is 215 g/mol. The summed E-state index contributed by atoms with van der Waals surface area (Å²) in [6.45, 7) is 1.05. The van der Waals surface area contributed by atoms with Crippen molar-refractivity contribution in [3.63, 3.8) is 0 Å². The molecule has 0 bridgehead atoms. The lowest BCUT2D eigenvalue weighted by Gasteiger charge is -2.29. The van der Waals surface area contributed by atoms with E-state index in [0.29, 0.717) is 5.82 Å². The molecule has 2 heterocycles. The van der Waals surface area contributed by atoms with Gasteiger partial charge in [0.15, 0.2) is 5.82 Å². The molecule has 78 valence electrons. The number of rotatable bonds is 2.